The number of aliphatic hydroxyl groups is 1. The molecule has 5 aliphatic rings. The van der Waals surface area contributed by atoms with Crippen LogP contribution in [-0.2, 0) is 9.59 Å². The summed E-state index contributed by atoms with van der Waals surface area (Å²) >= 11 is 0. The summed E-state index contributed by atoms with van der Waals surface area (Å²) in [6.45, 7) is 16.1. The molecule has 0 unspecified atom stereocenters. The first kappa shape index (κ1) is 24.5. The zero-order valence-electron chi connectivity index (χ0n) is 22.5. The third-order valence-corrected chi connectivity index (χ3v) is 12.8. The molecule has 4 saturated carbocycles. The van der Waals surface area contributed by atoms with Crippen molar-refractivity contribution in [1.82, 2.24) is 0 Å². The Kier molecular flexibility index (Phi) is 5.04. The van der Waals surface area contributed by atoms with Crippen molar-refractivity contribution in [2.45, 2.75) is 112 Å². The third-order valence-electron chi connectivity index (χ3n) is 12.8. The van der Waals surface area contributed by atoms with Crippen molar-refractivity contribution in [3.05, 3.63) is 11.6 Å². The van der Waals surface area contributed by atoms with Crippen LogP contribution in [0.1, 0.15) is 106 Å². The van der Waals surface area contributed by atoms with Crippen LogP contribution in [-0.4, -0.2) is 28.1 Å². The van der Waals surface area contributed by atoms with Crippen molar-refractivity contribution in [3.8, 4) is 0 Å². The van der Waals surface area contributed by atoms with Gasteiger partial charge in [-0.15, -0.1) is 0 Å². The van der Waals surface area contributed by atoms with Gasteiger partial charge in [-0.2, -0.15) is 0 Å². The molecule has 4 fully saturated rings. The molecule has 0 spiro atoms. The van der Waals surface area contributed by atoms with Gasteiger partial charge in [0.15, 0.2) is 0 Å². The molecule has 0 bridgehead atoms. The van der Waals surface area contributed by atoms with E-state index in [4.69, 9.17) is 0 Å². The first-order valence-electron chi connectivity index (χ1n) is 13.7. The summed E-state index contributed by atoms with van der Waals surface area (Å²) in [7, 11) is 0. The highest BCUT2D eigenvalue weighted by atomic mass is 16.4. The molecule has 0 radical (unpaired) electrons. The van der Waals surface area contributed by atoms with Gasteiger partial charge in [0.2, 0.25) is 0 Å². The van der Waals surface area contributed by atoms with E-state index in [1.165, 1.54) is 5.57 Å². The number of carboxylic acids is 1. The number of carbonyl (C=O) groups excluding carboxylic acids is 1. The van der Waals surface area contributed by atoms with Crippen molar-refractivity contribution in [2.24, 2.45) is 50.2 Å². The number of fused-ring (bicyclic) bond motifs is 7. The van der Waals surface area contributed by atoms with E-state index in [0.29, 0.717) is 36.9 Å². The van der Waals surface area contributed by atoms with Crippen molar-refractivity contribution in [2.75, 3.05) is 0 Å². The molecule has 0 amide bonds. The topological polar surface area (TPSA) is 74.6 Å². The molecule has 0 saturated heterocycles. The minimum absolute atomic E-state index is 0.0632. The van der Waals surface area contributed by atoms with Gasteiger partial charge in [-0.3, -0.25) is 9.59 Å². The SMILES string of the molecule is CC1(C)C[C@@H](O)[C@]2(C(=O)O)CC[C@]3(C)C(=CC[C@@H]4[C@@]5(C)CCC(=O)C(C)(C)[C@@H]5CC[C@]43C)[C@@H]2C1. The average molecular weight is 471 g/mol. The summed E-state index contributed by atoms with van der Waals surface area (Å²) in [6, 6.07) is 0. The lowest BCUT2D eigenvalue weighted by Crippen LogP contribution is -2.66. The smallest absolute Gasteiger partial charge is 0.312 e. The van der Waals surface area contributed by atoms with E-state index < -0.39 is 17.5 Å². The predicted molar refractivity (Wildman–Crippen MR) is 133 cm³/mol. The number of carboxylic acid groups (broad SMARTS) is 1. The third kappa shape index (κ3) is 2.75. The Balaban J connectivity index is 1.62. The lowest BCUT2D eigenvalue weighted by Gasteiger charge is -2.70. The summed E-state index contributed by atoms with van der Waals surface area (Å²) in [6.07, 6.45) is 9.23. The number of hydrogen-bond acceptors (Lipinski definition) is 3. The monoisotopic (exact) mass is 470 g/mol. The zero-order valence-corrected chi connectivity index (χ0v) is 22.5. The predicted octanol–water partition coefficient (Wildman–Crippen LogP) is 6.41. The second kappa shape index (κ2) is 6.99. The number of hydrogen-bond donors (Lipinski definition) is 2. The zero-order chi connectivity index (χ0) is 25.1. The minimum atomic E-state index is -1.05. The maximum absolute atomic E-state index is 12.9. The first-order chi connectivity index (χ1) is 15.6. The normalized spacial score (nSPS) is 51.3. The van der Waals surface area contributed by atoms with E-state index in [9.17, 15) is 19.8 Å². The van der Waals surface area contributed by atoms with Crippen LogP contribution in [0.25, 0.3) is 0 Å². The van der Waals surface area contributed by atoms with Gasteiger partial charge in [0.1, 0.15) is 11.2 Å². The van der Waals surface area contributed by atoms with Crippen LogP contribution in [0.5, 0.6) is 0 Å². The molecule has 0 aromatic rings. The van der Waals surface area contributed by atoms with E-state index >= 15 is 0 Å². The van der Waals surface area contributed by atoms with Crippen LogP contribution in [0.15, 0.2) is 11.6 Å². The van der Waals surface area contributed by atoms with Crippen LogP contribution in [0.4, 0.5) is 0 Å². The van der Waals surface area contributed by atoms with Gasteiger partial charge in [-0.25, -0.2) is 0 Å². The van der Waals surface area contributed by atoms with Crippen LogP contribution in [0.2, 0.25) is 0 Å². The average Bonchev–Trinajstić information content (AvgIpc) is 2.70. The number of allylic oxidation sites excluding steroid dienone is 2. The Labute approximate surface area is 206 Å². The van der Waals surface area contributed by atoms with E-state index in [-0.39, 0.29) is 33.0 Å². The molecule has 2 N–H and O–H groups in total. The maximum atomic E-state index is 12.9. The highest BCUT2D eigenvalue weighted by Gasteiger charge is 2.70. The summed E-state index contributed by atoms with van der Waals surface area (Å²) in [4.78, 5) is 25.7. The summed E-state index contributed by atoms with van der Waals surface area (Å²) in [5.41, 5.74) is 0.0910. The Morgan fingerprint density at radius 3 is 2.26 bits per heavy atom. The number of carbonyl (C=O) groups is 2. The van der Waals surface area contributed by atoms with Crippen molar-refractivity contribution < 1.29 is 19.8 Å². The molecule has 190 valence electrons. The van der Waals surface area contributed by atoms with Crippen molar-refractivity contribution >= 4 is 11.8 Å². The molecule has 0 heterocycles. The van der Waals surface area contributed by atoms with Crippen molar-refractivity contribution in [1.29, 1.82) is 0 Å². The summed E-state index contributed by atoms with van der Waals surface area (Å²) in [5, 5.41) is 21.8. The minimum Gasteiger partial charge on any atom is -0.481 e. The number of rotatable bonds is 1. The van der Waals surface area contributed by atoms with E-state index in [1.54, 1.807) is 0 Å². The Bertz CT molecular complexity index is 961. The van der Waals surface area contributed by atoms with Crippen LogP contribution < -0.4 is 0 Å². The van der Waals surface area contributed by atoms with E-state index in [1.807, 2.05) is 0 Å². The molecule has 34 heavy (non-hydrogen) atoms. The van der Waals surface area contributed by atoms with Gasteiger partial charge in [0.25, 0.3) is 0 Å². The molecule has 0 aromatic carbocycles. The van der Waals surface area contributed by atoms with Crippen molar-refractivity contribution in [3.63, 3.8) is 0 Å². The largest absolute Gasteiger partial charge is 0.481 e. The molecule has 4 heteroatoms. The van der Waals surface area contributed by atoms with Gasteiger partial charge in [0.05, 0.1) is 6.10 Å². The van der Waals surface area contributed by atoms with Crippen LogP contribution >= 0.6 is 0 Å². The molecule has 5 rings (SSSR count). The standard InChI is InChI=1S/C30H46O4/c1-25(2)16-19-18-8-9-21-27(5)12-11-22(31)26(3,4)20(27)10-13-29(21,7)28(18,6)14-15-30(19,24(33)34)23(32)17-25/h8,19-21,23,32H,9-17H2,1-7H3,(H,33,34)/t19-,20-,21+,23+,27-,28+,29+,30-/m0/s1. The Hall–Kier alpha value is -1.16. The van der Waals surface area contributed by atoms with Gasteiger partial charge in [-0.1, -0.05) is 60.1 Å². The van der Waals surface area contributed by atoms with Gasteiger partial charge < -0.3 is 10.2 Å². The lowest BCUT2D eigenvalue weighted by atomic mass is 9.33. The van der Waals surface area contributed by atoms with Crippen LogP contribution in [0, 0.1) is 50.2 Å². The van der Waals surface area contributed by atoms with Gasteiger partial charge in [0, 0.05) is 11.8 Å². The number of aliphatic carboxylic acids is 1. The van der Waals surface area contributed by atoms with Gasteiger partial charge >= 0.3 is 5.97 Å². The highest BCUT2D eigenvalue weighted by Crippen LogP contribution is 2.75. The quantitative estimate of drug-likeness (QED) is 0.434. The molecule has 0 aromatic heterocycles. The fraction of sp³-hybridized carbons (Fsp3) is 0.867. The van der Waals surface area contributed by atoms with E-state index in [2.05, 4.69) is 54.5 Å². The van der Waals surface area contributed by atoms with E-state index in [0.717, 1.165) is 38.5 Å². The fourth-order valence-electron chi connectivity index (χ4n) is 10.6. The molecule has 5 aliphatic carbocycles. The summed E-state index contributed by atoms with van der Waals surface area (Å²) in [5.74, 6) is 0.432. The Morgan fingerprint density at radius 2 is 1.62 bits per heavy atom. The summed E-state index contributed by atoms with van der Waals surface area (Å²) < 4.78 is 0. The molecule has 4 nitrogen and oxygen atoms in total. The molecule has 8 atom stereocenters. The lowest BCUT2D eigenvalue weighted by molar-refractivity contribution is -0.200. The molecular weight excluding hydrogens is 424 g/mol. The molecule has 0 aliphatic heterocycles. The van der Waals surface area contributed by atoms with Gasteiger partial charge in [-0.05, 0) is 90.8 Å². The molecular formula is C30H46O4. The fourth-order valence-corrected chi connectivity index (χ4v) is 10.6. The second-order valence-electron chi connectivity index (χ2n) is 14.9. The Morgan fingerprint density at radius 1 is 0.941 bits per heavy atom. The number of aliphatic hydroxyl groups excluding tert-OH is 1. The van der Waals surface area contributed by atoms with Crippen LogP contribution in [0.3, 0.4) is 0 Å². The number of Topliss-reactive ketones (excluding diaryl/α,β-unsaturated/α-hetero) is 1. The first-order valence-corrected chi connectivity index (χ1v) is 13.7. The maximum Gasteiger partial charge on any atom is 0.312 e. The highest BCUT2D eigenvalue weighted by molar-refractivity contribution is 5.85. The second-order valence-corrected chi connectivity index (χ2v) is 14.9. The number of ketones is 1.